The summed E-state index contributed by atoms with van der Waals surface area (Å²) in [6.45, 7) is 1.25. The summed E-state index contributed by atoms with van der Waals surface area (Å²) in [5, 5.41) is 30.9. The lowest BCUT2D eigenvalue weighted by atomic mass is 10.1. The Morgan fingerprint density at radius 1 is 1.43 bits per heavy atom. The van der Waals surface area contributed by atoms with E-state index in [9.17, 15) is 9.59 Å². The van der Waals surface area contributed by atoms with Gasteiger partial charge in [-0.25, -0.2) is 4.79 Å². The molecule has 0 saturated carbocycles. The van der Waals surface area contributed by atoms with E-state index in [0.717, 1.165) is 0 Å². The van der Waals surface area contributed by atoms with E-state index in [1.807, 2.05) is 0 Å². The Hall–Kier alpha value is -3.41. The van der Waals surface area contributed by atoms with Crippen molar-refractivity contribution in [2.24, 2.45) is 10.8 Å². The number of aliphatic carboxylic acids is 1. The van der Waals surface area contributed by atoms with Crippen LogP contribution in [0.4, 0.5) is 5.69 Å². The van der Waals surface area contributed by atoms with Gasteiger partial charge in [-0.05, 0) is 17.7 Å². The standard InChI is InChI=1S/C14H16N6O3/c1-8(21)18-11(14(22)23)6-9-2-4-10(5-3-9)19-20-12(7-15)13(16)17/h2-5,11,19H,6H2,1H3,(H3,16,17)(H,18,21)(H,22,23)/b20-12+. The summed E-state index contributed by atoms with van der Waals surface area (Å²) in [6, 6.07) is 7.24. The van der Waals surface area contributed by atoms with E-state index in [2.05, 4.69) is 15.8 Å². The van der Waals surface area contributed by atoms with Crippen molar-refractivity contribution in [1.82, 2.24) is 5.32 Å². The van der Waals surface area contributed by atoms with Gasteiger partial charge in [-0.3, -0.25) is 15.6 Å². The van der Waals surface area contributed by atoms with Crippen molar-refractivity contribution >= 4 is 29.1 Å². The fraction of sp³-hybridized carbons (Fsp3) is 0.214. The molecule has 23 heavy (non-hydrogen) atoms. The number of carbonyl (C=O) groups is 2. The van der Waals surface area contributed by atoms with Gasteiger partial charge in [-0.2, -0.15) is 10.4 Å². The molecule has 0 heterocycles. The Morgan fingerprint density at radius 3 is 2.48 bits per heavy atom. The van der Waals surface area contributed by atoms with Crippen LogP contribution in [0.2, 0.25) is 0 Å². The average molecular weight is 316 g/mol. The smallest absolute Gasteiger partial charge is 0.326 e. The summed E-state index contributed by atoms with van der Waals surface area (Å²) in [5.41, 5.74) is 8.72. The van der Waals surface area contributed by atoms with Crippen LogP contribution in [0.3, 0.4) is 0 Å². The number of benzene rings is 1. The minimum Gasteiger partial charge on any atom is -0.480 e. The number of nitrogens with one attached hydrogen (secondary N) is 3. The van der Waals surface area contributed by atoms with Crippen LogP contribution in [0.15, 0.2) is 29.4 Å². The molecule has 1 aromatic rings. The van der Waals surface area contributed by atoms with Gasteiger partial charge in [0.1, 0.15) is 12.1 Å². The summed E-state index contributed by atoms with van der Waals surface area (Å²) in [7, 11) is 0. The second-order valence-corrected chi connectivity index (χ2v) is 4.59. The normalized spacial score (nSPS) is 11.9. The second-order valence-electron chi connectivity index (χ2n) is 4.59. The van der Waals surface area contributed by atoms with Crippen LogP contribution in [0.1, 0.15) is 12.5 Å². The van der Waals surface area contributed by atoms with Gasteiger partial charge < -0.3 is 16.2 Å². The Labute approximate surface area is 132 Å². The molecular formula is C14H16N6O3. The molecule has 1 rings (SSSR count). The van der Waals surface area contributed by atoms with Gasteiger partial charge >= 0.3 is 5.97 Å². The molecule has 9 heteroatoms. The van der Waals surface area contributed by atoms with Gasteiger partial charge in [0.05, 0.1) is 5.69 Å². The van der Waals surface area contributed by atoms with Gasteiger partial charge in [0, 0.05) is 13.3 Å². The summed E-state index contributed by atoms with van der Waals surface area (Å²) < 4.78 is 0. The molecule has 0 aromatic heterocycles. The third kappa shape index (κ3) is 5.84. The molecule has 0 saturated heterocycles. The molecule has 1 atom stereocenters. The molecule has 0 aliphatic heterocycles. The molecule has 0 fully saturated rings. The van der Waals surface area contributed by atoms with Gasteiger partial charge in [0.2, 0.25) is 11.6 Å². The number of hydrogen-bond donors (Lipinski definition) is 5. The van der Waals surface area contributed by atoms with Gasteiger partial charge in [0.25, 0.3) is 0 Å². The van der Waals surface area contributed by atoms with Gasteiger partial charge in [-0.1, -0.05) is 12.1 Å². The maximum atomic E-state index is 11.1. The number of nitrogens with two attached hydrogens (primary N) is 1. The highest BCUT2D eigenvalue weighted by Crippen LogP contribution is 2.11. The maximum absolute atomic E-state index is 11.1. The van der Waals surface area contributed by atoms with E-state index >= 15 is 0 Å². The van der Waals surface area contributed by atoms with E-state index in [0.29, 0.717) is 11.3 Å². The van der Waals surface area contributed by atoms with E-state index in [-0.39, 0.29) is 12.1 Å². The zero-order valence-corrected chi connectivity index (χ0v) is 12.3. The zero-order valence-electron chi connectivity index (χ0n) is 12.3. The molecule has 0 aliphatic rings. The topological polar surface area (TPSA) is 164 Å². The summed E-state index contributed by atoms with van der Waals surface area (Å²) in [6.07, 6.45) is 0.134. The largest absolute Gasteiger partial charge is 0.480 e. The lowest BCUT2D eigenvalue weighted by Gasteiger charge is -2.13. The second kappa shape index (κ2) is 8.14. The third-order valence-corrected chi connectivity index (χ3v) is 2.73. The molecule has 0 bridgehead atoms. The van der Waals surface area contributed by atoms with Crippen molar-refractivity contribution in [3.63, 3.8) is 0 Å². The number of carboxylic acid groups (broad SMARTS) is 1. The van der Waals surface area contributed by atoms with Crippen molar-refractivity contribution in [3.05, 3.63) is 29.8 Å². The predicted molar refractivity (Wildman–Crippen MR) is 84.0 cm³/mol. The fourth-order valence-electron chi connectivity index (χ4n) is 1.66. The molecule has 1 unspecified atom stereocenters. The van der Waals surface area contributed by atoms with Crippen LogP contribution in [-0.2, 0) is 16.0 Å². The number of nitriles is 1. The van der Waals surface area contributed by atoms with Gasteiger partial charge in [0.15, 0.2) is 5.84 Å². The molecule has 120 valence electrons. The molecule has 9 nitrogen and oxygen atoms in total. The van der Waals surface area contributed by atoms with Crippen molar-refractivity contribution in [2.75, 3.05) is 5.43 Å². The van der Waals surface area contributed by atoms with Crippen molar-refractivity contribution in [3.8, 4) is 6.07 Å². The van der Waals surface area contributed by atoms with E-state index in [4.69, 9.17) is 21.5 Å². The number of amidine groups is 1. The Kier molecular flexibility index (Phi) is 6.24. The maximum Gasteiger partial charge on any atom is 0.326 e. The van der Waals surface area contributed by atoms with Crippen LogP contribution in [-0.4, -0.2) is 34.6 Å². The summed E-state index contributed by atoms with van der Waals surface area (Å²) in [5.74, 6) is -1.98. The molecule has 0 aliphatic carbocycles. The highest BCUT2D eigenvalue weighted by atomic mass is 16.4. The van der Waals surface area contributed by atoms with Crippen molar-refractivity contribution < 1.29 is 14.7 Å². The van der Waals surface area contributed by atoms with E-state index in [1.54, 1.807) is 30.3 Å². The Balaban J connectivity index is 2.76. The number of carboxylic acids is 1. The number of rotatable bonds is 7. The fourth-order valence-corrected chi connectivity index (χ4v) is 1.66. The highest BCUT2D eigenvalue weighted by molar-refractivity contribution is 6.45. The molecule has 1 aromatic carbocycles. The average Bonchev–Trinajstić information content (AvgIpc) is 2.48. The Bertz CT molecular complexity index is 675. The van der Waals surface area contributed by atoms with Crippen LogP contribution < -0.4 is 16.5 Å². The third-order valence-electron chi connectivity index (χ3n) is 2.73. The number of amides is 1. The number of hydrazone groups is 1. The summed E-state index contributed by atoms with van der Waals surface area (Å²) >= 11 is 0. The number of carbonyl (C=O) groups excluding carboxylic acids is 1. The van der Waals surface area contributed by atoms with Crippen molar-refractivity contribution in [1.29, 1.82) is 10.7 Å². The summed E-state index contributed by atoms with van der Waals surface area (Å²) in [4.78, 5) is 22.1. The number of anilines is 1. The SMILES string of the molecule is CC(=O)NC(Cc1ccc(N/N=C(\C#N)C(=N)N)cc1)C(=O)O. The monoisotopic (exact) mass is 316 g/mol. The van der Waals surface area contributed by atoms with Crippen LogP contribution >= 0.6 is 0 Å². The first kappa shape index (κ1) is 17.6. The van der Waals surface area contributed by atoms with E-state index in [1.165, 1.54) is 6.92 Å². The zero-order chi connectivity index (χ0) is 17.4. The number of nitrogens with zero attached hydrogens (tertiary/aromatic N) is 2. The first-order valence-electron chi connectivity index (χ1n) is 6.50. The predicted octanol–water partition coefficient (Wildman–Crippen LogP) is 0.0458. The number of hydrogen-bond acceptors (Lipinski definition) is 6. The minimum atomic E-state index is -1.12. The quantitative estimate of drug-likeness (QED) is 0.271. The van der Waals surface area contributed by atoms with E-state index < -0.39 is 23.8 Å². The lowest BCUT2D eigenvalue weighted by molar-refractivity contribution is -0.141. The van der Waals surface area contributed by atoms with Crippen molar-refractivity contribution in [2.45, 2.75) is 19.4 Å². The highest BCUT2D eigenvalue weighted by Gasteiger charge is 2.18. The molecule has 0 spiro atoms. The van der Waals surface area contributed by atoms with Crippen LogP contribution in [0.5, 0.6) is 0 Å². The first-order chi connectivity index (χ1) is 10.8. The lowest BCUT2D eigenvalue weighted by Crippen LogP contribution is -2.41. The van der Waals surface area contributed by atoms with Gasteiger partial charge in [-0.15, -0.1) is 0 Å². The molecule has 6 N–H and O–H groups in total. The molecule has 1 amide bonds. The Morgan fingerprint density at radius 2 is 2.04 bits per heavy atom. The molecule has 0 radical (unpaired) electrons. The molecular weight excluding hydrogens is 300 g/mol. The van der Waals surface area contributed by atoms with Crippen LogP contribution in [0, 0.1) is 16.7 Å². The van der Waals surface area contributed by atoms with Crippen LogP contribution in [0.25, 0.3) is 0 Å². The first-order valence-corrected chi connectivity index (χ1v) is 6.50. The minimum absolute atomic E-state index is 0.134.